The molecule has 0 nitrogen and oxygen atoms in total. The van der Waals surface area contributed by atoms with Crippen LogP contribution in [-0.4, -0.2) is 11.8 Å². The zero-order chi connectivity index (χ0) is 23.2. The van der Waals surface area contributed by atoms with E-state index >= 15 is 17.6 Å². The van der Waals surface area contributed by atoms with Crippen molar-refractivity contribution in [2.45, 2.75) is 141 Å². The van der Waals surface area contributed by atoms with E-state index in [-0.39, 0.29) is 25.7 Å². The molecule has 0 radical (unpaired) electrons. The molecule has 0 saturated heterocycles. The van der Waals surface area contributed by atoms with Crippen molar-refractivity contribution in [3.63, 3.8) is 0 Å². The summed E-state index contributed by atoms with van der Waals surface area (Å²) in [6.45, 7) is 4.40. The van der Waals surface area contributed by atoms with Gasteiger partial charge < -0.3 is 0 Å². The van der Waals surface area contributed by atoms with Crippen LogP contribution in [0.1, 0.15) is 129 Å². The van der Waals surface area contributed by atoms with Gasteiger partial charge in [-0.1, -0.05) is 65.2 Å². The van der Waals surface area contributed by atoms with E-state index in [0.29, 0.717) is 30.6 Å². The maximum Gasteiger partial charge on any atom is 0.313 e. The molecule has 0 unspecified atom stereocenters. The van der Waals surface area contributed by atoms with E-state index in [1.807, 2.05) is 0 Å². The molecule has 0 atom stereocenters. The molecule has 3 aliphatic rings. The first-order chi connectivity index (χ1) is 15.3. The van der Waals surface area contributed by atoms with E-state index in [0.717, 1.165) is 38.0 Å². The lowest BCUT2D eigenvalue weighted by molar-refractivity contribution is -0.270. The normalized spacial score (nSPS) is 35.1. The van der Waals surface area contributed by atoms with Gasteiger partial charge in [0.2, 0.25) is 0 Å². The number of hydrogen-bond donors (Lipinski definition) is 0. The van der Waals surface area contributed by atoms with Crippen LogP contribution < -0.4 is 0 Å². The van der Waals surface area contributed by atoms with E-state index in [2.05, 4.69) is 13.8 Å². The number of unbranched alkanes of at least 4 members (excludes halogenated alkanes) is 2. The van der Waals surface area contributed by atoms with E-state index in [1.165, 1.54) is 44.9 Å². The molecule has 0 amide bonds. The Kier molecular flexibility index (Phi) is 9.80. The molecule has 0 aromatic rings. The summed E-state index contributed by atoms with van der Waals surface area (Å²) in [6.07, 6.45) is 16.0. The first-order valence-corrected chi connectivity index (χ1v) is 14.0. The highest BCUT2D eigenvalue weighted by atomic mass is 19.3. The van der Waals surface area contributed by atoms with Crippen LogP contribution in [0.4, 0.5) is 17.6 Å². The third-order valence-electron chi connectivity index (χ3n) is 9.56. The third kappa shape index (κ3) is 6.23. The molecule has 0 bridgehead atoms. The van der Waals surface area contributed by atoms with Gasteiger partial charge in [0, 0.05) is 11.8 Å². The summed E-state index contributed by atoms with van der Waals surface area (Å²) in [6, 6.07) is 0. The van der Waals surface area contributed by atoms with Crippen molar-refractivity contribution in [3.05, 3.63) is 0 Å². The van der Waals surface area contributed by atoms with E-state index < -0.39 is 23.7 Å². The standard InChI is InChI=1S/C28H48F4/c1-3-5-6-8-22-11-17-25(18-12-22)27(29,30)28(31,32)26-19-15-24(16-20-26)23-13-9-21(7-4-2)10-14-23/h21-26H,3-20H2,1-2H3. The summed E-state index contributed by atoms with van der Waals surface area (Å²) in [7, 11) is 0. The van der Waals surface area contributed by atoms with Crippen molar-refractivity contribution < 1.29 is 17.6 Å². The minimum atomic E-state index is -3.85. The smallest absolute Gasteiger partial charge is 0.200 e. The van der Waals surface area contributed by atoms with Crippen molar-refractivity contribution in [1.29, 1.82) is 0 Å². The Hall–Kier alpha value is -0.280. The fourth-order valence-electron chi connectivity index (χ4n) is 7.35. The van der Waals surface area contributed by atoms with Crippen molar-refractivity contribution in [2.75, 3.05) is 0 Å². The van der Waals surface area contributed by atoms with Crippen LogP contribution in [0.5, 0.6) is 0 Å². The molecule has 32 heavy (non-hydrogen) atoms. The summed E-state index contributed by atoms with van der Waals surface area (Å²) >= 11 is 0. The predicted molar refractivity (Wildman–Crippen MR) is 125 cm³/mol. The van der Waals surface area contributed by atoms with Crippen molar-refractivity contribution in [3.8, 4) is 0 Å². The number of rotatable bonds is 10. The van der Waals surface area contributed by atoms with Crippen molar-refractivity contribution in [1.82, 2.24) is 0 Å². The molecule has 0 aromatic heterocycles. The highest BCUT2D eigenvalue weighted by Gasteiger charge is 2.64. The number of halogens is 4. The summed E-state index contributed by atoms with van der Waals surface area (Å²) in [5, 5.41) is 0. The first-order valence-electron chi connectivity index (χ1n) is 14.0. The van der Waals surface area contributed by atoms with Gasteiger partial charge in [-0.3, -0.25) is 0 Å². The Bertz CT molecular complexity index is 522. The third-order valence-corrected chi connectivity index (χ3v) is 9.56. The minimum absolute atomic E-state index is 0.274. The summed E-state index contributed by atoms with van der Waals surface area (Å²) < 4.78 is 60.6. The second-order valence-corrected chi connectivity index (χ2v) is 11.6. The zero-order valence-electron chi connectivity index (χ0n) is 20.7. The van der Waals surface area contributed by atoms with E-state index in [4.69, 9.17) is 0 Å². The molecule has 188 valence electrons. The van der Waals surface area contributed by atoms with Gasteiger partial charge in [0.05, 0.1) is 0 Å². The molecule has 3 rings (SSSR count). The van der Waals surface area contributed by atoms with Gasteiger partial charge in [0.15, 0.2) is 0 Å². The second-order valence-electron chi connectivity index (χ2n) is 11.6. The van der Waals surface area contributed by atoms with Crippen LogP contribution in [0, 0.1) is 35.5 Å². The van der Waals surface area contributed by atoms with Gasteiger partial charge >= 0.3 is 11.8 Å². The maximum absolute atomic E-state index is 15.2. The molecule has 3 saturated carbocycles. The van der Waals surface area contributed by atoms with Crippen LogP contribution >= 0.6 is 0 Å². The Morgan fingerprint density at radius 3 is 1.38 bits per heavy atom. The first kappa shape index (κ1) is 26.3. The van der Waals surface area contributed by atoms with Crippen LogP contribution in [0.3, 0.4) is 0 Å². The molecule has 0 aliphatic heterocycles. The molecule has 3 aliphatic carbocycles. The van der Waals surface area contributed by atoms with Crippen LogP contribution in [-0.2, 0) is 0 Å². The molecular formula is C28H48F4. The quantitative estimate of drug-likeness (QED) is 0.225. The summed E-state index contributed by atoms with van der Waals surface area (Å²) in [4.78, 5) is 0. The molecule has 0 N–H and O–H groups in total. The lowest BCUT2D eigenvalue weighted by Crippen LogP contribution is -2.52. The second kappa shape index (κ2) is 11.9. The predicted octanol–water partition coefficient (Wildman–Crippen LogP) is 10.1. The highest BCUT2D eigenvalue weighted by molar-refractivity contribution is 4.98. The molecule has 0 spiro atoms. The van der Waals surface area contributed by atoms with Gasteiger partial charge in [0.25, 0.3) is 0 Å². The van der Waals surface area contributed by atoms with Crippen LogP contribution in [0.15, 0.2) is 0 Å². The lowest BCUT2D eigenvalue weighted by atomic mass is 9.66. The fraction of sp³-hybridized carbons (Fsp3) is 1.00. The Morgan fingerprint density at radius 1 is 0.500 bits per heavy atom. The molecule has 4 heteroatoms. The molecule has 0 heterocycles. The molecular weight excluding hydrogens is 412 g/mol. The molecule has 3 fully saturated rings. The number of alkyl halides is 4. The summed E-state index contributed by atoms with van der Waals surface area (Å²) in [5.74, 6) is -7.53. The Morgan fingerprint density at radius 2 is 0.906 bits per heavy atom. The average molecular weight is 461 g/mol. The van der Waals surface area contributed by atoms with Gasteiger partial charge in [-0.2, -0.15) is 17.6 Å². The largest absolute Gasteiger partial charge is 0.313 e. The van der Waals surface area contributed by atoms with Crippen molar-refractivity contribution in [2.24, 2.45) is 35.5 Å². The van der Waals surface area contributed by atoms with Crippen LogP contribution in [0.2, 0.25) is 0 Å². The van der Waals surface area contributed by atoms with Gasteiger partial charge in [-0.25, -0.2) is 0 Å². The topological polar surface area (TPSA) is 0 Å². The Labute approximate surface area is 194 Å². The minimum Gasteiger partial charge on any atom is -0.200 e. The van der Waals surface area contributed by atoms with E-state index in [1.54, 1.807) is 0 Å². The summed E-state index contributed by atoms with van der Waals surface area (Å²) in [5.41, 5.74) is 0. The fourth-order valence-corrected chi connectivity index (χ4v) is 7.35. The SMILES string of the molecule is CCCCCC1CCC(C(F)(F)C(F)(F)C2CCC(C3CCC(CCC)CC3)CC2)CC1. The van der Waals surface area contributed by atoms with Gasteiger partial charge in [-0.15, -0.1) is 0 Å². The van der Waals surface area contributed by atoms with E-state index in [9.17, 15) is 0 Å². The Balaban J connectivity index is 1.47. The lowest BCUT2D eigenvalue weighted by Gasteiger charge is -2.44. The average Bonchev–Trinajstić information content (AvgIpc) is 2.80. The monoisotopic (exact) mass is 460 g/mol. The zero-order valence-corrected chi connectivity index (χ0v) is 20.7. The number of hydrogen-bond acceptors (Lipinski definition) is 0. The molecule has 0 aromatic carbocycles. The highest BCUT2D eigenvalue weighted by Crippen LogP contribution is 2.54. The van der Waals surface area contributed by atoms with Crippen LogP contribution in [0.25, 0.3) is 0 Å². The maximum atomic E-state index is 15.2. The van der Waals surface area contributed by atoms with Gasteiger partial charge in [0.1, 0.15) is 0 Å². The van der Waals surface area contributed by atoms with Gasteiger partial charge in [-0.05, 0) is 87.9 Å². The van der Waals surface area contributed by atoms with Crippen molar-refractivity contribution >= 4 is 0 Å².